The molecule has 6 heteroatoms. The van der Waals surface area contributed by atoms with Gasteiger partial charge >= 0.3 is 5.97 Å². The third-order valence-electron chi connectivity index (χ3n) is 3.45. The van der Waals surface area contributed by atoms with Crippen LogP contribution in [0, 0.1) is 11.8 Å². The van der Waals surface area contributed by atoms with Crippen molar-refractivity contribution in [3.8, 4) is 0 Å². The molecule has 2 atom stereocenters. The van der Waals surface area contributed by atoms with E-state index in [2.05, 4.69) is 9.97 Å². The molecule has 0 spiro atoms. The van der Waals surface area contributed by atoms with Gasteiger partial charge in [0.1, 0.15) is 5.82 Å². The first-order valence-electron chi connectivity index (χ1n) is 6.04. The Kier molecular flexibility index (Phi) is 3.64. The molecule has 1 saturated carbocycles. The van der Waals surface area contributed by atoms with Gasteiger partial charge in [-0.2, -0.15) is 0 Å². The fraction of sp³-hybridized carbons (Fsp3) is 0.583. The number of imidazole rings is 1. The van der Waals surface area contributed by atoms with Crippen molar-refractivity contribution in [1.82, 2.24) is 14.9 Å². The Morgan fingerprint density at radius 3 is 2.78 bits per heavy atom. The Morgan fingerprint density at radius 2 is 2.22 bits per heavy atom. The lowest BCUT2D eigenvalue weighted by atomic mass is 10.0. The number of rotatable bonds is 4. The van der Waals surface area contributed by atoms with E-state index in [-0.39, 0.29) is 17.7 Å². The smallest absolute Gasteiger partial charge is 0.306 e. The number of carboxylic acid groups (broad SMARTS) is 1. The van der Waals surface area contributed by atoms with E-state index in [4.69, 9.17) is 5.11 Å². The Balaban J connectivity index is 1.90. The average molecular weight is 251 g/mol. The van der Waals surface area contributed by atoms with Crippen LogP contribution in [0.1, 0.15) is 25.1 Å². The summed E-state index contributed by atoms with van der Waals surface area (Å²) in [6, 6.07) is 0. The molecule has 0 aromatic carbocycles. The average Bonchev–Trinajstić information content (AvgIpc) is 2.98. The van der Waals surface area contributed by atoms with E-state index >= 15 is 0 Å². The van der Waals surface area contributed by atoms with Crippen molar-refractivity contribution in [2.45, 2.75) is 25.8 Å². The van der Waals surface area contributed by atoms with Gasteiger partial charge in [0.15, 0.2) is 0 Å². The predicted molar refractivity (Wildman–Crippen MR) is 63.5 cm³/mol. The number of aromatic amines is 1. The summed E-state index contributed by atoms with van der Waals surface area (Å²) < 4.78 is 0. The molecular formula is C12H17N3O3. The van der Waals surface area contributed by atoms with Crippen molar-refractivity contribution in [2.24, 2.45) is 11.8 Å². The van der Waals surface area contributed by atoms with Crippen LogP contribution in [0.2, 0.25) is 0 Å². The normalized spacial score (nSPS) is 22.9. The van der Waals surface area contributed by atoms with Crippen LogP contribution < -0.4 is 0 Å². The molecule has 1 fully saturated rings. The zero-order valence-electron chi connectivity index (χ0n) is 10.3. The highest BCUT2D eigenvalue weighted by Crippen LogP contribution is 2.32. The highest BCUT2D eigenvalue weighted by Gasteiger charge is 2.35. The van der Waals surface area contributed by atoms with Crippen LogP contribution in [0.25, 0.3) is 0 Å². The molecule has 2 rings (SSSR count). The van der Waals surface area contributed by atoms with Gasteiger partial charge in [0, 0.05) is 25.4 Å². The zero-order chi connectivity index (χ0) is 13.1. The van der Waals surface area contributed by atoms with Crippen LogP contribution in [0.3, 0.4) is 0 Å². The first-order chi connectivity index (χ1) is 8.58. The molecule has 2 N–H and O–H groups in total. The van der Waals surface area contributed by atoms with Crippen LogP contribution in [0.15, 0.2) is 12.4 Å². The number of nitrogens with zero attached hydrogens (tertiary/aromatic N) is 2. The summed E-state index contributed by atoms with van der Waals surface area (Å²) in [5.41, 5.74) is 0. The number of nitrogens with one attached hydrogen (secondary N) is 1. The lowest BCUT2D eigenvalue weighted by Crippen LogP contribution is -2.32. The monoisotopic (exact) mass is 251 g/mol. The first kappa shape index (κ1) is 12.6. The maximum absolute atomic E-state index is 12.1. The predicted octanol–water partition coefficient (Wildman–Crippen LogP) is 0.869. The summed E-state index contributed by atoms with van der Waals surface area (Å²) in [6.45, 7) is 0.431. The number of amides is 1. The number of carboxylic acids is 1. The summed E-state index contributed by atoms with van der Waals surface area (Å²) in [5.74, 6) is -0.574. The van der Waals surface area contributed by atoms with Gasteiger partial charge in [-0.1, -0.05) is 0 Å². The molecule has 6 nitrogen and oxygen atoms in total. The van der Waals surface area contributed by atoms with Gasteiger partial charge in [-0.25, -0.2) is 4.98 Å². The van der Waals surface area contributed by atoms with Gasteiger partial charge in [0.25, 0.3) is 0 Å². The fourth-order valence-electron chi connectivity index (χ4n) is 2.43. The minimum atomic E-state index is -0.793. The van der Waals surface area contributed by atoms with Crippen molar-refractivity contribution in [1.29, 1.82) is 0 Å². The highest BCUT2D eigenvalue weighted by atomic mass is 16.4. The summed E-state index contributed by atoms with van der Waals surface area (Å²) in [6.07, 6.45) is 5.07. The molecule has 2 unspecified atom stereocenters. The van der Waals surface area contributed by atoms with Crippen molar-refractivity contribution >= 4 is 11.9 Å². The van der Waals surface area contributed by atoms with Crippen LogP contribution in [-0.2, 0) is 16.1 Å². The molecule has 1 aliphatic carbocycles. The van der Waals surface area contributed by atoms with Gasteiger partial charge in [-0.3, -0.25) is 9.59 Å². The maximum Gasteiger partial charge on any atom is 0.306 e. The van der Waals surface area contributed by atoms with Crippen LogP contribution >= 0.6 is 0 Å². The zero-order valence-corrected chi connectivity index (χ0v) is 10.3. The number of carbonyl (C=O) groups is 2. The molecule has 1 amide bonds. The first-order valence-corrected chi connectivity index (χ1v) is 6.04. The van der Waals surface area contributed by atoms with Crippen LogP contribution in [0.4, 0.5) is 0 Å². The summed E-state index contributed by atoms with van der Waals surface area (Å²) in [4.78, 5) is 31.6. The third-order valence-corrected chi connectivity index (χ3v) is 3.45. The van der Waals surface area contributed by atoms with E-state index in [1.54, 1.807) is 24.3 Å². The number of aliphatic carboxylic acids is 1. The van der Waals surface area contributed by atoms with Crippen LogP contribution in [-0.4, -0.2) is 38.9 Å². The minimum absolute atomic E-state index is 0.00940. The number of aromatic nitrogens is 2. The molecule has 0 bridgehead atoms. The Bertz CT molecular complexity index is 430. The molecular weight excluding hydrogens is 234 g/mol. The van der Waals surface area contributed by atoms with E-state index in [0.717, 1.165) is 5.82 Å². The van der Waals surface area contributed by atoms with Crippen molar-refractivity contribution in [3.05, 3.63) is 18.2 Å². The van der Waals surface area contributed by atoms with Gasteiger partial charge in [0.2, 0.25) is 5.91 Å². The quantitative estimate of drug-likeness (QED) is 0.831. The molecule has 1 aromatic rings. The maximum atomic E-state index is 12.1. The van der Waals surface area contributed by atoms with Gasteiger partial charge in [-0.15, -0.1) is 0 Å². The van der Waals surface area contributed by atoms with Crippen LogP contribution in [0.5, 0.6) is 0 Å². The van der Waals surface area contributed by atoms with E-state index in [9.17, 15) is 9.59 Å². The summed E-state index contributed by atoms with van der Waals surface area (Å²) in [7, 11) is 1.72. The molecule has 18 heavy (non-hydrogen) atoms. The summed E-state index contributed by atoms with van der Waals surface area (Å²) in [5, 5.41) is 8.92. The summed E-state index contributed by atoms with van der Waals surface area (Å²) >= 11 is 0. The highest BCUT2D eigenvalue weighted by molar-refractivity contribution is 5.80. The minimum Gasteiger partial charge on any atom is -0.481 e. The van der Waals surface area contributed by atoms with Crippen molar-refractivity contribution < 1.29 is 14.7 Å². The van der Waals surface area contributed by atoms with Gasteiger partial charge in [-0.05, 0) is 19.3 Å². The van der Waals surface area contributed by atoms with E-state index in [0.29, 0.717) is 25.8 Å². The fourth-order valence-corrected chi connectivity index (χ4v) is 2.43. The lowest BCUT2D eigenvalue weighted by molar-refractivity contribution is -0.141. The molecule has 1 aromatic heterocycles. The third kappa shape index (κ3) is 2.69. The molecule has 0 saturated heterocycles. The van der Waals surface area contributed by atoms with E-state index < -0.39 is 5.97 Å². The van der Waals surface area contributed by atoms with Gasteiger partial charge in [0.05, 0.1) is 12.5 Å². The molecule has 98 valence electrons. The molecule has 1 aliphatic rings. The second-order valence-electron chi connectivity index (χ2n) is 4.78. The Labute approximate surface area is 105 Å². The molecule has 0 aliphatic heterocycles. The van der Waals surface area contributed by atoms with Gasteiger partial charge < -0.3 is 15.0 Å². The van der Waals surface area contributed by atoms with Crippen molar-refractivity contribution in [3.63, 3.8) is 0 Å². The standard InChI is InChI=1S/C12H17N3O3/c1-15(7-10-13-4-5-14-10)11(16)8-2-3-9(6-8)12(17)18/h4-5,8-9H,2-3,6-7H2,1H3,(H,13,14)(H,17,18). The largest absolute Gasteiger partial charge is 0.481 e. The number of hydrogen-bond acceptors (Lipinski definition) is 3. The van der Waals surface area contributed by atoms with Crippen molar-refractivity contribution in [2.75, 3.05) is 7.05 Å². The number of H-pyrrole nitrogens is 1. The molecule has 1 heterocycles. The van der Waals surface area contributed by atoms with E-state index in [1.807, 2.05) is 0 Å². The van der Waals surface area contributed by atoms with E-state index in [1.165, 1.54) is 0 Å². The number of hydrogen-bond donors (Lipinski definition) is 2. The lowest BCUT2D eigenvalue weighted by Gasteiger charge is -2.19. The Hall–Kier alpha value is -1.85. The topological polar surface area (TPSA) is 86.3 Å². The Morgan fingerprint density at radius 1 is 1.50 bits per heavy atom. The molecule has 0 radical (unpaired) electrons. The second kappa shape index (κ2) is 5.20. The number of carbonyl (C=O) groups excluding carboxylic acids is 1. The SMILES string of the molecule is CN(Cc1ncc[nH]1)C(=O)C1CCC(C(=O)O)C1. The second-order valence-corrected chi connectivity index (χ2v) is 4.78.